The van der Waals surface area contributed by atoms with Gasteiger partial charge in [0.05, 0.1) is 12.6 Å². The Morgan fingerprint density at radius 1 is 0.917 bits per heavy atom. The molecule has 14 heteroatoms. The number of carboxylic acid groups (broad SMARTS) is 1. The van der Waals surface area contributed by atoms with Crippen molar-refractivity contribution in [1.82, 2.24) is 16.0 Å². The fourth-order valence-corrected chi connectivity index (χ4v) is 3.49. The number of hydrogen-bond acceptors (Lipinski definition) is 9. The summed E-state index contributed by atoms with van der Waals surface area (Å²) in [7, 11) is 0. The van der Waals surface area contributed by atoms with Crippen LogP contribution in [0.1, 0.15) is 24.8 Å². The van der Waals surface area contributed by atoms with E-state index in [-0.39, 0.29) is 31.4 Å². The predicted octanol–water partition coefficient (Wildman–Crippen LogP) is -2.19. The van der Waals surface area contributed by atoms with Gasteiger partial charge in [-0.15, -0.1) is 0 Å². The highest BCUT2D eigenvalue weighted by molar-refractivity contribution is 7.98. The zero-order valence-corrected chi connectivity index (χ0v) is 20.6. The number of aliphatic carboxylic acids is 1. The van der Waals surface area contributed by atoms with E-state index in [4.69, 9.17) is 11.5 Å². The van der Waals surface area contributed by atoms with Crippen molar-refractivity contribution >= 4 is 41.4 Å². The van der Waals surface area contributed by atoms with Gasteiger partial charge >= 0.3 is 5.97 Å². The van der Waals surface area contributed by atoms with Crippen molar-refractivity contribution in [3.63, 3.8) is 0 Å². The number of aliphatic hydroxyl groups is 1. The molecule has 0 saturated heterocycles. The first-order valence-corrected chi connectivity index (χ1v) is 12.4. The van der Waals surface area contributed by atoms with Crippen LogP contribution in [0.4, 0.5) is 0 Å². The fraction of sp³-hybridized carbons (Fsp3) is 0.500. The number of amides is 4. The summed E-state index contributed by atoms with van der Waals surface area (Å²) in [6, 6.07) is 0.686. The van der Waals surface area contributed by atoms with E-state index in [1.165, 1.54) is 36.0 Å². The number of nitrogens with two attached hydrogens (primary N) is 2. The monoisotopic (exact) mass is 527 g/mol. The molecule has 0 spiro atoms. The average molecular weight is 528 g/mol. The largest absolute Gasteiger partial charge is 0.508 e. The second-order valence-corrected chi connectivity index (χ2v) is 8.95. The molecule has 10 N–H and O–H groups in total. The first-order valence-electron chi connectivity index (χ1n) is 11.0. The predicted molar refractivity (Wildman–Crippen MR) is 132 cm³/mol. The van der Waals surface area contributed by atoms with Crippen LogP contribution in [0, 0.1) is 0 Å². The highest BCUT2D eigenvalue weighted by Crippen LogP contribution is 2.12. The second kappa shape index (κ2) is 15.6. The minimum atomic E-state index is -1.49. The third-order valence-electron chi connectivity index (χ3n) is 5.09. The van der Waals surface area contributed by atoms with Crippen LogP contribution < -0.4 is 27.4 Å². The molecule has 4 unspecified atom stereocenters. The number of nitrogens with one attached hydrogen (secondary N) is 3. The Hall–Kier alpha value is -3.36. The Labute approximate surface area is 212 Å². The van der Waals surface area contributed by atoms with E-state index in [0.29, 0.717) is 11.3 Å². The number of rotatable bonds is 16. The lowest BCUT2D eigenvalue weighted by molar-refractivity contribution is -0.142. The van der Waals surface area contributed by atoms with Crippen molar-refractivity contribution in [2.24, 2.45) is 11.5 Å². The summed E-state index contributed by atoms with van der Waals surface area (Å²) >= 11 is 1.41. The van der Waals surface area contributed by atoms with E-state index in [2.05, 4.69) is 16.0 Å². The van der Waals surface area contributed by atoms with Gasteiger partial charge in [0.2, 0.25) is 23.6 Å². The number of carbonyl (C=O) groups is 5. The molecule has 36 heavy (non-hydrogen) atoms. The molecular formula is C22H33N5O8S. The van der Waals surface area contributed by atoms with Crippen molar-refractivity contribution in [3.05, 3.63) is 29.8 Å². The summed E-state index contributed by atoms with van der Waals surface area (Å²) < 4.78 is 0. The quantitative estimate of drug-likeness (QED) is 0.116. The first-order chi connectivity index (χ1) is 17.0. The molecule has 0 aromatic heterocycles. The van der Waals surface area contributed by atoms with Crippen molar-refractivity contribution in [2.75, 3.05) is 18.6 Å². The number of carbonyl (C=O) groups excluding carboxylic acids is 4. The molecule has 0 saturated carbocycles. The Balaban J connectivity index is 2.84. The molecule has 0 aliphatic carbocycles. The number of phenolic OH excluding ortho intramolecular Hbond substituents is 1. The molecule has 1 aromatic rings. The van der Waals surface area contributed by atoms with E-state index in [1.807, 2.05) is 0 Å². The molecule has 4 atom stereocenters. The summed E-state index contributed by atoms with van der Waals surface area (Å²) in [5, 5.41) is 35.6. The average Bonchev–Trinajstić information content (AvgIpc) is 2.83. The minimum Gasteiger partial charge on any atom is -0.508 e. The Morgan fingerprint density at radius 2 is 1.47 bits per heavy atom. The van der Waals surface area contributed by atoms with Gasteiger partial charge in [0.25, 0.3) is 0 Å². The number of aromatic hydroxyl groups is 1. The summed E-state index contributed by atoms with van der Waals surface area (Å²) in [6.07, 6.45) is 1.73. The fourth-order valence-electron chi connectivity index (χ4n) is 3.02. The van der Waals surface area contributed by atoms with Gasteiger partial charge in [-0.25, -0.2) is 4.79 Å². The Morgan fingerprint density at radius 3 is 2.00 bits per heavy atom. The summed E-state index contributed by atoms with van der Waals surface area (Å²) in [4.78, 5) is 60.4. The van der Waals surface area contributed by atoms with Crippen LogP contribution in [-0.2, 0) is 30.4 Å². The van der Waals surface area contributed by atoms with Gasteiger partial charge in [0.15, 0.2) is 0 Å². The second-order valence-electron chi connectivity index (χ2n) is 7.97. The van der Waals surface area contributed by atoms with Crippen LogP contribution >= 0.6 is 11.8 Å². The Bertz CT molecular complexity index is 914. The lowest BCUT2D eigenvalue weighted by Crippen LogP contribution is -2.58. The third kappa shape index (κ3) is 10.9. The number of aliphatic hydroxyl groups excluding tert-OH is 1. The van der Waals surface area contributed by atoms with Crippen molar-refractivity contribution in [3.8, 4) is 5.75 Å². The lowest BCUT2D eigenvalue weighted by atomic mass is 10.1. The van der Waals surface area contributed by atoms with E-state index >= 15 is 0 Å². The minimum absolute atomic E-state index is 0.00494. The molecule has 13 nitrogen and oxygen atoms in total. The highest BCUT2D eigenvalue weighted by atomic mass is 32.2. The molecule has 0 aliphatic rings. The van der Waals surface area contributed by atoms with Crippen LogP contribution in [0.5, 0.6) is 5.75 Å². The SMILES string of the molecule is CSCCC(NC(=O)C(N)CCC(N)=O)C(=O)NC(CO)C(=O)NC(Cc1ccc(O)cc1)C(=O)O. The zero-order chi connectivity index (χ0) is 27.3. The number of phenols is 1. The third-order valence-corrected chi connectivity index (χ3v) is 5.73. The van der Waals surface area contributed by atoms with Gasteiger partial charge in [-0.2, -0.15) is 11.8 Å². The van der Waals surface area contributed by atoms with Crippen LogP contribution in [0.15, 0.2) is 24.3 Å². The van der Waals surface area contributed by atoms with Crippen LogP contribution in [0.25, 0.3) is 0 Å². The smallest absolute Gasteiger partial charge is 0.326 e. The normalized spacial score (nSPS) is 14.1. The van der Waals surface area contributed by atoms with E-state index in [9.17, 15) is 39.3 Å². The number of thioether (sulfide) groups is 1. The van der Waals surface area contributed by atoms with Crippen molar-refractivity contribution in [1.29, 1.82) is 0 Å². The maximum Gasteiger partial charge on any atom is 0.326 e. The summed E-state index contributed by atoms with van der Waals surface area (Å²) in [5.74, 6) is -3.91. The molecule has 0 aliphatic heterocycles. The van der Waals surface area contributed by atoms with Crippen LogP contribution in [-0.4, -0.2) is 87.7 Å². The number of benzene rings is 1. The van der Waals surface area contributed by atoms with Gasteiger partial charge in [0.1, 0.15) is 23.9 Å². The van der Waals surface area contributed by atoms with E-state index < -0.39 is 60.4 Å². The molecule has 1 aromatic carbocycles. The van der Waals surface area contributed by atoms with Crippen LogP contribution in [0.2, 0.25) is 0 Å². The molecule has 0 radical (unpaired) electrons. The topological polar surface area (TPSA) is 234 Å². The van der Waals surface area contributed by atoms with Crippen molar-refractivity contribution < 1.29 is 39.3 Å². The molecule has 0 bridgehead atoms. The Kier molecular flexibility index (Phi) is 13.3. The van der Waals surface area contributed by atoms with Crippen LogP contribution in [0.3, 0.4) is 0 Å². The van der Waals surface area contributed by atoms with Gasteiger partial charge in [-0.3, -0.25) is 19.2 Å². The summed E-state index contributed by atoms with van der Waals surface area (Å²) in [6.45, 7) is -0.829. The number of primary amides is 1. The van der Waals surface area contributed by atoms with Gasteiger partial charge in [-0.1, -0.05) is 12.1 Å². The maximum atomic E-state index is 12.8. The molecule has 0 heterocycles. The molecule has 4 amide bonds. The highest BCUT2D eigenvalue weighted by Gasteiger charge is 2.30. The molecule has 0 fully saturated rings. The van der Waals surface area contributed by atoms with Gasteiger partial charge in [0, 0.05) is 12.8 Å². The van der Waals surface area contributed by atoms with Crippen molar-refractivity contribution in [2.45, 2.75) is 49.9 Å². The number of carboxylic acids is 1. The maximum absolute atomic E-state index is 12.8. The zero-order valence-electron chi connectivity index (χ0n) is 19.8. The van der Waals surface area contributed by atoms with E-state index in [0.717, 1.165) is 0 Å². The first kappa shape index (κ1) is 30.7. The van der Waals surface area contributed by atoms with Gasteiger partial charge in [-0.05, 0) is 42.5 Å². The standard InChI is InChI=1S/C22H33N5O8S/c1-36-9-8-15(25-19(31)14(23)6-7-18(24)30)20(32)27-17(11-28)21(33)26-16(22(34)35)10-12-2-4-13(29)5-3-12/h2-5,14-17,28-29H,6-11,23H2,1H3,(H2,24,30)(H,25,31)(H,26,33)(H,27,32)(H,34,35). The lowest BCUT2D eigenvalue weighted by Gasteiger charge is -2.24. The molecular weight excluding hydrogens is 494 g/mol. The summed E-state index contributed by atoms with van der Waals surface area (Å²) in [5.41, 5.74) is 11.3. The molecule has 200 valence electrons. The number of hydrogen-bond donors (Lipinski definition) is 8. The van der Waals surface area contributed by atoms with E-state index in [1.54, 1.807) is 6.26 Å². The molecule has 1 rings (SSSR count). The van der Waals surface area contributed by atoms with Gasteiger partial charge < -0.3 is 42.7 Å².